The highest BCUT2D eigenvalue weighted by Gasteiger charge is 2.19. The summed E-state index contributed by atoms with van der Waals surface area (Å²) >= 11 is 9.21. The van der Waals surface area contributed by atoms with Crippen LogP contribution in [0.15, 0.2) is 27.6 Å². The van der Waals surface area contributed by atoms with Crippen molar-refractivity contribution in [2.45, 2.75) is 18.4 Å². The predicted molar refractivity (Wildman–Crippen MR) is 84.5 cm³/mol. The summed E-state index contributed by atoms with van der Waals surface area (Å²) in [5, 5.41) is 4.50. The maximum absolute atomic E-state index is 11.6. The zero-order valence-electron chi connectivity index (χ0n) is 11.1. The van der Waals surface area contributed by atoms with Gasteiger partial charge in [-0.2, -0.15) is 5.10 Å². The topological polar surface area (TPSA) is 61.2 Å². The standard InChI is InChI=1S/C12H11BrCl2N2O3S/c1-7-12(13)9(17(2)16-7)6-20-10-4-3-8(14)5-11(10)21(15,18)19/h3-5H,6H2,1-2H3. The monoisotopic (exact) mass is 412 g/mol. The molecule has 0 unspecified atom stereocenters. The van der Waals surface area contributed by atoms with Crippen molar-refractivity contribution in [3.8, 4) is 5.75 Å². The van der Waals surface area contributed by atoms with Crippen molar-refractivity contribution in [2.24, 2.45) is 7.05 Å². The normalized spacial score (nSPS) is 11.7. The van der Waals surface area contributed by atoms with Gasteiger partial charge in [0.1, 0.15) is 17.3 Å². The van der Waals surface area contributed by atoms with Crippen LogP contribution in [0, 0.1) is 6.92 Å². The fourth-order valence-electron chi connectivity index (χ4n) is 1.77. The van der Waals surface area contributed by atoms with Crippen LogP contribution in [0.5, 0.6) is 5.75 Å². The molecule has 0 fully saturated rings. The fourth-order valence-corrected chi connectivity index (χ4v) is 3.46. The molecule has 2 aromatic rings. The molecule has 0 aliphatic rings. The van der Waals surface area contributed by atoms with Gasteiger partial charge >= 0.3 is 0 Å². The van der Waals surface area contributed by atoms with E-state index in [9.17, 15) is 8.42 Å². The second kappa shape index (κ2) is 6.16. The third-order valence-corrected chi connectivity index (χ3v) is 5.40. The third-order valence-electron chi connectivity index (χ3n) is 2.79. The van der Waals surface area contributed by atoms with Crippen LogP contribution >= 0.6 is 38.2 Å². The highest BCUT2D eigenvalue weighted by atomic mass is 79.9. The number of hydrogen-bond donors (Lipinski definition) is 0. The van der Waals surface area contributed by atoms with E-state index >= 15 is 0 Å². The summed E-state index contributed by atoms with van der Waals surface area (Å²) in [7, 11) is 3.22. The number of rotatable bonds is 4. The molecule has 0 spiro atoms. The van der Waals surface area contributed by atoms with Crippen LogP contribution in [0.1, 0.15) is 11.4 Å². The van der Waals surface area contributed by atoms with Gasteiger partial charge in [-0.05, 0) is 41.1 Å². The zero-order valence-corrected chi connectivity index (χ0v) is 15.0. The van der Waals surface area contributed by atoms with E-state index in [2.05, 4.69) is 21.0 Å². The fraction of sp³-hybridized carbons (Fsp3) is 0.250. The van der Waals surface area contributed by atoms with Crippen LogP contribution in [0.25, 0.3) is 0 Å². The van der Waals surface area contributed by atoms with Crippen LogP contribution in [-0.2, 0) is 22.7 Å². The summed E-state index contributed by atoms with van der Waals surface area (Å²) in [5.74, 6) is 0.139. The van der Waals surface area contributed by atoms with Crippen molar-refractivity contribution in [1.29, 1.82) is 0 Å². The van der Waals surface area contributed by atoms with E-state index in [1.807, 2.05) is 6.92 Å². The van der Waals surface area contributed by atoms with Crippen molar-refractivity contribution in [3.05, 3.63) is 39.1 Å². The van der Waals surface area contributed by atoms with Gasteiger partial charge in [-0.15, -0.1) is 0 Å². The van der Waals surface area contributed by atoms with Gasteiger partial charge < -0.3 is 4.74 Å². The Morgan fingerprint density at radius 1 is 1.43 bits per heavy atom. The minimum atomic E-state index is -3.95. The van der Waals surface area contributed by atoms with Gasteiger partial charge in [-0.25, -0.2) is 8.42 Å². The summed E-state index contributed by atoms with van der Waals surface area (Å²) < 4.78 is 31.1. The molecule has 0 bridgehead atoms. The lowest BCUT2D eigenvalue weighted by Gasteiger charge is -2.10. The molecule has 0 aliphatic heterocycles. The van der Waals surface area contributed by atoms with Crippen molar-refractivity contribution in [2.75, 3.05) is 0 Å². The van der Waals surface area contributed by atoms with E-state index in [1.165, 1.54) is 18.2 Å². The Morgan fingerprint density at radius 3 is 2.62 bits per heavy atom. The Morgan fingerprint density at radius 2 is 2.10 bits per heavy atom. The van der Waals surface area contributed by atoms with Crippen molar-refractivity contribution in [3.63, 3.8) is 0 Å². The van der Waals surface area contributed by atoms with Crippen LogP contribution in [0.3, 0.4) is 0 Å². The lowest BCUT2D eigenvalue weighted by molar-refractivity contribution is 0.286. The van der Waals surface area contributed by atoms with E-state index in [4.69, 9.17) is 27.0 Å². The maximum Gasteiger partial charge on any atom is 0.265 e. The third kappa shape index (κ3) is 3.71. The molecule has 0 radical (unpaired) electrons. The summed E-state index contributed by atoms with van der Waals surface area (Å²) in [6.45, 7) is 1.99. The molecule has 114 valence electrons. The summed E-state index contributed by atoms with van der Waals surface area (Å²) in [5.41, 5.74) is 1.60. The molecule has 2 rings (SSSR count). The smallest absolute Gasteiger partial charge is 0.265 e. The van der Waals surface area contributed by atoms with Crippen molar-refractivity contribution in [1.82, 2.24) is 9.78 Å². The molecule has 1 heterocycles. The Bertz CT molecular complexity index is 790. The zero-order chi connectivity index (χ0) is 15.8. The number of ether oxygens (including phenoxy) is 1. The molecule has 21 heavy (non-hydrogen) atoms. The molecule has 0 saturated heterocycles. The van der Waals surface area contributed by atoms with Crippen LogP contribution in [0.2, 0.25) is 5.02 Å². The van der Waals surface area contributed by atoms with Crippen LogP contribution in [0.4, 0.5) is 0 Å². The van der Waals surface area contributed by atoms with Gasteiger partial charge in [0.05, 0.1) is 15.9 Å². The number of benzene rings is 1. The number of aromatic nitrogens is 2. The molecule has 1 aromatic carbocycles. The summed E-state index contributed by atoms with van der Waals surface area (Å²) in [4.78, 5) is -0.160. The Kier molecular flexibility index (Phi) is 4.87. The van der Waals surface area contributed by atoms with E-state index < -0.39 is 9.05 Å². The lowest BCUT2D eigenvalue weighted by atomic mass is 10.3. The first-order chi connectivity index (χ1) is 9.70. The van der Waals surface area contributed by atoms with E-state index in [0.29, 0.717) is 0 Å². The SMILES string of the molecule is Cc1nn(C)c(COc2ccc(Cl)cc2S(=O)(=O)Cl)c1Br. The van der Waals surface area contributed by atoms with Crippen LogP contribution in [-0.4, -0.2) is 18.2 Å². The van der Waals surface area contributed by atoms with Gasteiger partial charge in [-0.3, -0.25) is 4.68 Å². The largest absolute Gasteiger partial charge is 0.486 e. The molecular formula is C12H11BrCl2N2O3S. The first kappa shape index (κ1) is 16.6. The molecule has 0 aliphatic carbocycles. The number of aryl methyl sites for hydroxylation is 2. The highest BCUT2D eigenvalue weighted by Crippen LogP contribution is 2.31. The number of nitrogens with zero attached hydrogens (tertiary/aromatic N) is 2. The van der Waals surface area contributed by atoms with E-state index in [0.717, 1.165) is 15.9 Å². The molecule has 0 saturated carbocycles. The average Bonchev–Trinajstić information content (AvgIpc) is 2.61. The molecule has 5 nitrogen and oxygen atoms in total. The minimum Gasteiger partial charge on any atom is -0.486 e. The second-order valence-corrected chi connectivity index (χ2v) is 8.05. The molecule has 0 atom stereocenters. The molecular weight excluding hydrogens is 403 g/mol. The van der Waals surface area contributed by atoms with Gasteiger partial charge in [0.2, 0.25) is 0 Å². The molecule has 0 amide bonds. The highest BCUT2D eigenvalue weighted by molar-refractivity contribution is 9.10. The number of hydrogen-bond acceptors (Lipinski definition) is 4. The van der Waals surface area contributed by atoms with Gasteiger partial charge in [0.15, 0.2) is 0 Å². The molecule has 0 N–H and O–H groups in total. The van der Waals surface area contributed by atoms with Crippen LogP contribution < -0.4 is 4.74 Å². The minimum absolute atomic E-state index is 0.138. The molecule has 1 aromatic heterocycles. The van der Waals surface area contributed by atoms with E-state index in [1.54, 1.807) is 11.7 Å². The Balaban J connectivity index is 2.33. The first-order valence-corrected chi connectivity index (χ1v) is 9.23. The number of halogens is 3. The van der Waals surface area contributed by atoms with Crippen molar-refractivity contribution < 1.29 is 13.2 Å². The predicted octanol–water partition coefficient (Wildman–Crippen LogP) is 3.65. The van der Waals surface area contributed by atoms with Gasteiger partial charge in [-0.1, -0.05) is 11.6 Å². The van der Waals surface area contributed by atoms with Gasteiger partial charge in [0.25, 0.3) is 9.05 Å². The second-order valence-electron chi connectivity index (χ2n) is 4.29. The first-order valence-electron chi connectivity index (χ1n) is 5.75. The Labute approximate surface area is 140 Å². The van der Waals surface area contributed by atoms with Crippen molar-refractivity contribution >= 4 is 47.3 Å². The summed E-state index contributed by atoms with van der Waals surface area (Å²) in [6.07, 6.45) is 0. The van der Waals surface area contributed by atoms with E-state index in [-0.39, 0.29) is 22.3 Å². The lowest BCUT2D eigenvalue weighted by Crippen LogP contribution is -2.05. The maximum atomic E-state index is 11.6. The summed E-state index contributed by atoms with van der Waals surface area (Å²) in [6, 6.07) is 4.25. The van der Waals surface area contributed by atoms with Gasteiger partial charge in [0, 0.05) is 22.8 Å². The quantitative estimate of drug-likeness (QED) is 0.717. The average molecular weight is 414 g/mol. The molecule has 9 heteroatoms. The Hall–Kier alpha value is -0.760.